The summed E-state index contributed by atoms with van der Waals surface area (Å²) >= 11 is 0. The van der Waals surface area contributed by atoms with Gasteiger partial charge in [-0.1, -0.05) is 0 Å². The van der Waals surface area contributed by atoms with Crippen LogP contribution in [0.15, 0.2) is 0 Å². The SMILES string of the molecule is COCCOCCOCCOCCOCCOCCNC(=O)CCCC(=O)NCCOCCOCCOCCOCCOCCNC(=O)CCC(C(=O)OC(C)(C)C)N1CCN(CC(=O)OC(C)(C)C)CCN(CC(=O)OC(C)(C)C)CCN(CC(=O)OC(C)(C)C)CC1. The minimum absolute atomic E-state index is 0.00150. The summed E-state index contributed by atoms with van der Waals surface area (Å²) in [6.07, 6.45) is 1.02. The second-order valence-electron chi connectivity index (χ2n) is 26.2. The largest absolute Gasteiger partial charge is 0.459 e. The molecular formula is C65H123N7O22. The van der Waals surface area contributed by atoms with Gasteiger partial charge in [0.1, 0.15) is 28.4 Å². The molecule has 0 aliphatic carbocycles. The molecule has 3 amide bonds. The van der Waals surface area contributed by atoms with Crippen molar-refractivity contribution in [1.82, 2.24) is 35.6 Å². The van der Waals surface area contributed by atoms with Crippen molar-refractivity contribution in [3.63, 3.8) is 0 Å². The molecule has 1 saturated heterocycles. The molecule has 0 aromatic heterocycles. The normalized spacial score (nSPS) is 14.9. The van der Waals surface area contributed by atoms with Crippen molar-refractivity contribution in [3.05, 3.63) is 0 Å². The van der Waals surface area contributed by atoms with Gasteiger partial charge in [-0.05, 0) is 95.9 Å². The summed E-state index contributed by atoms with van der Waals surface area (Å²) in [5.41, 5.74) is -2.96. The Morgan fingerprint density at radius 1 is 0.330 bits per heavy atom. The van der Waals surface area contributed by atoms with E-state index in [2.05, 4.69) is 16.0 Å². The maximum absolute atomic E-state index is 14.2. The quantitative estimate of drug-likeness (QED) is 0.0446. The molecule has 1 heterocycles. The summed E-state index contributed by atoms with van der Waals surface area (Å²) in [6.45, 7) is 33.7. The van der Waals surface area contributed by atoms with E-state index in [-0.39, 0.29) is 89.3 Å². The molecule has 0 spiro atoms. The van der Waals surface area contributed by atoms with E-state index in [1.54, 1.807) is 69.4 Å². The summed E-state index contributed by atoms with van der Waals surface area (Å²) in [6, 6.07) is -0.865. The van der Waals surface area contributed by atoms with Crippen molar-refractivity contribution in [2.45, 2.75) is 144 Å². The number of amides is 3. The first-order chi connectivity index (χ1) is 44.5. The van der Waals surface area contributed by atoms with Crippen molar-refractivity contribution in [1.29, 1.82) is 0 Å². The Hall–Kier alpha value is -4.31. The molecule has 0 bridgehead atoms. The summed E-state index contributed by atoms with van der Waals surface area (Å²) in [5.74, 6) is -2.31. The molecule has 1 aliphatic heterocycles. The van der Waals surface area contributed by atoms with Crippen LogP contribution in [-0.2, 0) is 105 Å². The van der Waals surface area contributed by atoms with E-state index in [1.807, 2.05) is 40.4 Å². The molecule has 94 heavy (non-hydrogen) atoms. The Balaban J connectivity index is 2.40. The lowest BCUT2D eigenvalue weighted by molar-refractivity contribution is -0.163. The minimum atomic E-state index is -0.865. The highest BCUT2D eigenvalue weighted by Crippen LogP contribution is 2.18. The van der Waals surface area contributed by atoms with Gasteiger partial charge >= 0.3 is 23.9 Å². The number of carbonyl (C=O) groups is 7. The lowest BCUT2D eigenvalue weighted by Gasteiger charge is -2.37. The van der Waals surface area contributed by atoms with Gasteiger partial charge in [0.05, 0.1) is 158 Å². The third-order valence-electron chi connectivity index (χ3n) is 12.9. The molecule has 0 aromatic carbocycles. The fourth-order valence-corrected chi connectivity index (χ4v) is 8.66. The van der Waals surface area contributed by atoms with Crippen LogP contribution >= 0.6 is 0 Å². The Kier molecular flexibility index (Phi) is 49.2. The predicted molar refractivity (Wildman–Crippen MR) is 350 cm³/mol. The Labute approximate surface area is 561 Å². The molecule has 1 atom stereocenters. The highest BCUT2D eigenvalue weighted by molar-refractivity contribution is 5.80. The number of carbonyl (C=O) groups excluding carboxylic acids is 7. The monoisotopic (exact) mass is 1350 g/mol. The second-order valence-corrected chi connectivity index (χ2v) is 26.2. The smallest absolute Gasteiger partial charge is 0.323 e. The molecule has 3 N–H and O–H groups in total. The number of methoxy groups -OCH3 is 1. The van der Waals surface area contributed by atoms with Gasteiger partial charge in [0.25, 0.3) is 0 Å². The molecule has 0 radical (unpaired) electrons. The van der Waals surface area contributed by atoms with Crippen molar-refractivity contribution in [2.24, 2.45) is 0 Å². The zero-order valence-electron chi connectivity index (χ0n) is 59.6. The molecule has 1 fully saturated rings. The Morgan fingerprint density at radius 2 is 0.574 bits per heavy atom. The lowest BCUT2D eigenvalue weighted by Crippen LogP contribution is -2.53. The third-order valence-corrected chi connectivity index (χ3v) is 12.9. The number of nitrogens with zero attached hydrogens (tertiary/aromatic N) is 4. The molecule has 29 nitrogen and oxygen atoms in total. The van der Waals surface area contributed by atoms with Gasteiger partial charge in [-0.3, -0.25) is 53.2 Å². The van der Waals surface area contributed by atoms with E-state index in [0.29, 0.717) is 191 Å². The first-order valence-corrected chi connectivity index (χ1v) is 33.4. The van der Waals surface area contributed by atoms with E-state index < -0.39 is 52.3 Å². The number of hydrogen-bond acceptors (Lipinski definition) is 26. The fraction of sp³-hybridized carbons (Fsp3) is 0.892. The van der Waals surface area contributed by atoms with Crippen LogP contribution in [0, 0.1) is 0 Å². The first-order valence-electron chi connectivity index (χ1n) is 33.4. The lowest BCUT2D eigenvalue weighted by atomic mass is 10.1. The molecule has 550 valence electrons. The van der Waals surface area contributed by atoms with Crippen LogP contribution in [0.1, 0.15) is 115 Å². The molecule has 1 unspecified atom stereocenters. The average Bonchev–Trinajstić information content (AvgIpc) is 0.921. The van der Waals surface area contributed by atoms with Crippen LogP contribution < -0.4 is 16.0 Å². The molecule has 0 aromatic rings. The maximum Gasteiger partial charge on any atom is 0.323 e. The third kappa shape index (κ3) is 55.8. The zero-order valence-corrected chi connectivity index (χ0v) is 59.6. The minimum Gasteiger partial charge on any atom is -0.459 e. The number of rotatable bonds is 51. The van der Waals surface area contributed by atoms with E-state index in [1.165, 1.54) is 0 Å². The Morgan fingerprint density at radius 3 is 0.840 bits per heavy atom. The summed E-state index contributed by atoms with van der Waals surface area (Å²) in [5, 5.41) is 8.45. The molecule has 29 heteroatoms. The van der Waals surface area contributed by atoms with Crippen molar-refractivity contribution in [2.75, 3.05) is 237 Å². The number of esters is 4. The number of ether oxygens (including phenoxy) is 15. The van der Waals surface area contributed by atoms with Crippen LogP contribution in [0.25, 0.3) is 0 Å². The van der Waals surface area contributed by atoms with Crippen molar-refractivity contribution < 1.29 is 105 Å². The van der Waals surface area contributed by atoms with Gasteiger partial charge in [0.2, 0.25) is 17.7 Å². The molecule has 1 aliphatic rings. The zero-order chi connectivity index (χ0) is 69.9. The van der Waals surface area contributed by atoms with Gasteiger partial charge in [-0.25, -0.2) is 0 Å². The molecule has 0 saturated carbocycles. The molecular weight excluding hydrogens is 1230 g/mol. The van der Waals surface area contributed by atoms with Crippen LogP contribution in [-0.4, -0.2) is 327 Å². The van der Waals surface area contributed by atoms with Crippen LogP contribution in [0.2, 0.25) is 0 Å². The van der Waals surface area contributed by atoms with Crippen LogP contribution in [0.4, 0.5) is 0 Å². The number of hydrogen-bond donors (Lipinski definition) is 3. The summed E-state index contributed by atoms with van der Waals surface area (Å²) in [4.78, 5) is 99.3. The standard InChI is InChI=1S/C65H123N7O22/c1-62(2,3)91-58(76)51-69-22-24-70(52-59(77)92-63(4,5)6)26-28-72(29-27-71(25-23-69)53-60(78)93-64(7,8)9)54(61(79)94-65(10,11)12)17-18-57(75)68-21-32-83-37-40-87-44-47-89-46-43-85-38-35-81-30-19-66-55(73)15-14-16-56(74)67-20-31-82-36-39-86-45-48-90-50-49-88-42-41-84-34-33-80-13/h54H,14-53H2,1-13H3,(H,66,73)(H,67,74)(H,68,75). The van der Waals surface area contributed by atoms with Crippen molar-refractivity contribution in [3.8, 4) is 0 Å². The number of nitrogens with one attached hydrogen (secondary N) is 3. The highest BCUT2D eigenvalue weighted by atomic mass is 16.6. The van der Waals surface area contributed by atoms with Crippen LogP contribution in [0.3, 0.4) is 0 Å². The van der Waals surface area contributed by atoms with E-state index in [0.717, 1.165) is 0 Å². The first kappa shape index (κ1) is 87.7. The van der Waals surface area contributed by atoms with Gasteiger partial charge in [0, 0.05) is 98.4 Å². The van der Waals surface area contributed by atoms with E-state index in [9.17, 15) is 33.6 Å². The van der Waals surface area contributed by atoms with E-state index >= 15 is 0 Å². The van der Waals surface area contributed by atoms with Gasteiger partial charge in [0.15, 0.2) is 0 Å². The van der Waals surface area contributed by atoms with Gasteiger partial charge in [-0.15, -0.1) is 0 Å². The van der Waals surface area contributed by atoms with Gasteiger partial charge < -0.3 is 87.0 Å². The second kappa shape index (κ2) is 52.8. The fourth-order valence-electron chi connectivity index (χ4n) is 8.66. The molecule has 1 rings (SSSR count). The van der Waals surface area contributed by atoms with Gasteiger partial charge in [-0.2, -0.15) is 0 Å². The van der Waals surface area contributed by atoms with Crippen LogP contribution in [0.5, 0.6) is 0 Å². The topological polar surface area (TPSA) is 307 Å². The maximum atomic E-state index is 14.2. The highest BCUT2D eigenvalue weighted by Gasteiger charge is 2.33. The summed E-state index contributed by atoms with van der Waals surface area (Å²) < 4.78 is 83.0. The average molecular weight is 1350 g/mol. The Bertz CT molecular complexity index is 1970. The summed E-state index contributed by atoms with van der Waals surface area (Å²) in [7, 11) is 1.63. The predicted octanol–water partition coefficient (Wildman–Crippen LogP) is 2.05. The van der Waals surface area contributed by atoms with E-state index in [4.69, 9.17) is 71.1 Å². The van der Waals surface area contributed by atoms with Crippen molar-refractivity contribution >= 4 is 41.6 Å².